The third-order valence-electron chi connectivity index (χ3n) is 3.15. The van der Waals surface area contributed by atoms with E-state index in [9.17, 15) is 4.79 Å². The molecule has 96 valence electrons. The summed E-state index contributed by atoms with van der Waals surface area (Å²) in [6.45, 7) is 3.15. The van der Waals surface area contributed by atoms with E-state index >= 15 is 0 Å². The van der Waals surface area contributed by atoms with Gasteiger partial charge in [0.05, 0.1) is 0 Å². The van der Waals surface area contributed by atoms with Crippen molar-refractivity contribution < 1.29 is 4.79 Å². The lowest BCUT2D eigenvalue weighted by Gasteiger charge is -2.32. The fourth-order valence-corrected chi connectivity index (χ4v) is 2.39. The Bertz CT molecular complexity index is 286. The van der Waals surface area contributed by atoms with Crippen molar-refractivity contribution in [3.05, 3.63) is 22.4 Å². The number of halogens is 1. The highest BCUT2D eigenvalue weighted by molar-refractivity contribution is 14.1. The summed E-state index contributed by atoms with van der Waals surface area (Å²) < 4.78 is 2.04. The monoisotopic (exact) mass is 347 g/mol. The van der Waals surface area contributed by atoms with Gasteiger partial charge in [-0.25, -0.2) is 0 Å². The van der Waals surface area contributed by atoms with Gasteiger partial charge in [-0.2, -0.15) is 0 Å². The first-order valence-electron chi connectivity index (χ1n) is 6.50. The second-order valence-electron chi connectivity index (χ2n) is 4.55. The number of allylic oxidation sites excluding steroid dienone is 1. The predicted molar refractivity (Wildman–Crippen MR) is 81.2 cm³/mol. The molecule has 0 N–H and O–H groups in total. The van der Waals surface area contributed by atoms with E-state index in [1.165, 1.54) is 25.7 Å². The van der Waals surface area contributed by atoms with Crippen LogP contribution in [0.3, 0.4) is 0 Å². The molecule has 1 heterocycles. The molecule has 0 amide bonds. The Morgan fingerprint density at radius 2 is 2.29 bits per heavy atom. The van der Waals surface area contributed by atoms with Gasteiger partial charge in [-0.05, 0) is 16.6 Å². The smallest absolute Gasteiger partial charge is 0.159 e. The van der Waals surface area contributed by atoms with Crippen molar-refractivity contribution in [2.24, 2.45) is 0 Å². The molecule has 0 aromatic rings. The zero-order valence-corrected chi connectivity index (χ0v) is 12.7. The number of hydrogen-bond donors (Lipinski definition) is 0. The van der Waals surface area contributed by atoms with E-state index in [0.29, 0.717) is 12.5 Å². The van der Waals surface area contributed by atoms with Crippen molar-refractivity contribution in [1.29, 1.82) is 0 Å². The molecule has 2 nitrogen and oxygen atoms in total. The Labute approximate surface area is 118 Å². The molecule has 1 unspecified atom stereocenters. The Morgan fingerprint density at radius 1 is 1.47 bits per heavy atom. The highest BCUT2D eigenvalue weighted by Crippen LogP contribution is 2.19. The molecule has 1 aliphatic heterocycles. The molecule has 0 saturated heterocycles. The van der Waals surface area contributed by atoms with Crippen LogP contribution in [-0.2, 0) is 4.79 Å². The van der Waals surface area contributed by atoms with Gasteiger partial charge < -0.3 is 4.90 Å². The molecule has 0 fully saturated rings. The van der Waals surface area contributed by atoms with Crippen molar-refractivity contribution in [1.82, 2.24) is 4.90 Å². The summed E-state index contributed by atoms with van der Waals surface area (Å²) in [5.74, 6) is 0.278. The van der Waals surface area contributed by atoms with Crippen molar-refractivity contribution in [2.75, 3.05) is 6.54 Å². The van der Waals surface area contributed by atoms with Gasteiger partial charge >= 0.3 is 0 Å². The summed E-state index contributed by atoms with van der Waals surface area (Å²) in [5.41, 5.74) is 0. The number of carbonyl (C=O) groups excluding carboxylic acids is 1. The third kappa shape index (κ3) is 5.70. The minimum absolute atomic E-state index is 0.278. The van der Waals surface area contributed by atoms with E-state index in [-0.39, 0.29) is 5.78 Å². The molecule has 1 rings (SSSR count). The number of rotatable bonds is 7. The molecule has 3 heteroatoms. The van der Waals surface area contributed by atoms with Crippen LogP contribution in [0.2, 0.25) is 0 Å². The lowest BCUT2D eigenvalue weighted by atomic mass is 9.98. The van der Waals surface area contributed by atoms with Crippen molar-refractivity contribution >= 4 is 28.4 Å². The topological polar surface area (TPSA) is 20.3 Å². The summed E-state index contributed by atoms with van der Waals surface area (Å²) in [4.78, 5) is 13.7. The van der Waals surface area contributed by atoms with Gasteiger partial charge in [0, 0.05) is 25.2 Å². The van der Waals surface area contributed by atoms with Crippen LogP contribution in [0.5, 0.6) is 0 Å². The van der Waals surface area contributed by atoms with Gasteiger partial charge in [0.15, 0.2) is 5.78 Å². The van der Waals surface area contributed by atoms with E-state index in [0.717, 1.165) is 13.0 Å². The molecule has 0 spiro atoms. The molecular weight excluding hydrogens is 325 g/mol. The normalized spacial score (nSPS) is 20.5. The minimum atomic E-state index is 0.278. The SMILES string of the molecule is CCCCCCC1CC(=O)C=CN1C/C=C/I. The number of hydrogen-bond acceptors (Lipinski definition) is 2. The van der Waals surface area contributed by atoms with Crippen LogP contribution in [0.15, 0.2) is 22.4 Å². The fourth-order valence-electron chi connectivity index (χ4n) is 2.16. The van der Waals surface area contributed by atoms with Crippen LogP contribution in [-0.4, -0.2) is 23.3 Å². The number of nitrogens with zero attached hydrogens (tertiary/aromatic N) is 1. The maximum Gasteiger partial charge on any atom is 0.159 e. The Balaban J connectivity index is 2.41. The molecule has 0 aromatic heterocycles. The third-order valence-corrected chi connectivity index (χ3v) is 3.66. The van der Waals surface area contributed by atoms with Gasteiger partial charge in [-0.3, -0.25) is 4.79 Å². The van der Waals surface area contributed by atoms with E-state index in [1.54, 1.807) is 6.08 Å². The zero-order chi connectivity index (χ0) is 12.5. The highest BCUT2D eigenvalue weighted by Gasteiger charge is 2.20. The summed E-state index contributed by atoms with van der Waals surface area (Å²) >= 11 is 2.24. The molecule has 1 aliphatic rings. The molecule has 0 aromatic carbocycles. The summed E-state index contributed by atoms with van der Waals surface area (Å²) in [6.07, 6.45) is 12.8. The molecule has 1 atom stereocenters. The van der Waals surface area contributed by atoms with E-state index in [4.69, 9.17) is 0 Å². The summed E-state index contributed by atoms with van der Waals surface area (Å²) in [7, 11) is 0. The van der Waals surface area contributed by atoms with Crippen LogP contribution in [0, 0.1) is 0 Å². The van der Waals surface area contributed by atoms with Crippen LogP contribution < -0.4 is 0 Å². The molecule has 0 saturated carbocycles. The van der Waals surface area contributed by atoms with E-state index in [2.05, 4.69) is 40.5 Å². The van der Waals surface area contributed by atoms with Crippen LogP contribution in [0.1, 0.15) is 45.4 Å². The number of unbranched alkanes of at least 4 members (excludes halogenated alkanes) is 3. The van der Waals surface area contributed by atoms with E-state index < -0.39 is 0 Å². The highest BCUT2D eigenvalue weighted by atomic mass is 127. The van der Waals surface area contributed by atoms with Crippen molar-refractivity contribution in [3.63, 3.8) is 0 Å². The van der Waals surface area contributed by atoms with Crippen molar-refractivity contribution in [2.45, 2.75) is 51.5 Å². The molecule has 0 radical (unpaired) electrons. The quantitative estimate of drug-likeness (QED) is 0.511. The molecular formula is C14H22INO. The van der Waals surface area contributed by atoms with Crippen LogP contribution in [0.25, 0.3) is 0 Å². The summed E-state index contributed by atoms with van der Waals surface area (Å²) in [6, 6.07) is 0.414. The Morgan fingerprint density at radius 3 is 3.00 bits per heavy atom. The number of ketones is 1. The first-order chi connectivity index (χ1) is 8.27. The molecule has 0 bridgehead atoms. The molecule has 0 aliphatic carbocycles. The standard InChI is InChI=1S/C14H22INO/c1-2-3-4-5-7-13-12-14(17)8-11-16(13)10-6-9-15/h6,8-9,11,13H,2-5,7,10,12H2,1H3/b9-6+. The Hall–Kier alpha value is -0.320. The summed E-state index contributed by atoms with van der Waals surface area (Å²) in [5, 5.41) is 0. The maximum absolute atomic E-state index is 11.4. The van der Waals surface area contributed by atoms with E-state index in [1.807, 2.05) is 10.3 Å². The van der Waals surface area contributed by atoms with Gasteiger partial charge in [-0.1, -0.05) is 61.3 Å². The lowest BCUT2D eigenvalue weighted by molar-refractivity contribution is -0.116. The first kappa shape index (κ1) is 14.7. The maximum atomic E-state index is 11.4. The van der Waals surface area contributed by atoms with Gasteiger partial charge in [0.1, 0.15) is 0 Å². The minimum Gasteiger partial charge on any atom is -0.370 e. The molecule has 17 heavy (non-hydrogen) atoms. The fraction of sp³-hybridized carbons (Fsp3) is 0.643. The number of carbonyl (C=O) groups is 1. The van der Waals surface area contributed by atoms with Crippen molar-refractivity contribution in [3.8, 4) is 0 Å². The second-order valence-corrected chi connectivity index (χ2v) is 5.27. The Kier molecular flexibility index (Phi) is 7.56. The lowest BCUT2D eigenvalue weighted by Crippen LogP contribution is -2.35. The average Bonchev–Trinajstić information content (AvgIpc) is 2.33. The van der Waals surface area contributed by atoms with Crippen LogP contribution >= 0.6 is 22.6 Å². The van der Waals surface area contributed by atoms with Gasteiger partial charge in [-0.15, -0.1) is 0 Å². The average molecular weight is 347 g/mol. The van der Waals surface area contributed by atoms with Crippen LogP contribution in [0.4, 0.5) is 0 Å². The predicted octanol–water partition coefficient (Wildman–Crippen LogP) is 4.06. The van der Waals surface area contributed by atoms with Gasteiger partial charge in [0.2, 0.25) is 0 Å². The van der Waals surface area contributed by atoms with Gasteiger partial charge in [0.25, 0.3) is 0 Å². The first-order valence-corrected chi connectivity index (χ1v) is 7.74. The zero-order valence-electron chi connectivity index (χ0n) is 10.6. The largest absolute Gasteiger partial charge is 0.370 e. The second kappa shape index (κ2) is 8.72.